The summed E-state index contributed by atoms with van der Waals surface area (Å²) in [4.78, 5) is 7.70. The van der Waals surface area contributed by atoms with E-state index in [0.29, 0.717) is 0 Å². The van der Waals surface area contributed by atoms with Crippen LogP contribution in [0, 0.1) is 0 Å². The summed E-state index contributed by atoms with van der Waals surface area (Å²) in [5.41, 5.74) is 20.5. The predicted octanol–water partition coefficient (Wildman–Crippen LogP) is 15.3. The van der Waals surface area contributed by atoms with E-state index in [2.05, 4.69) is 243 Å². The van der Waals surface area contributed by atoms with E-state index in [0.717, 1.165) is 79.7 Å². The highest BCUT2D eigenvalue weighted by Gasteiger charge is 2.33. The van der Waals surface area contributed by atoms with E-state index < -0.39 is 0 Å². The Labute approximate surface area is 381 Å². The second-order valence-electron chi connectivity index (χ2n) is 17.3. The van der Waals surface area contributed by atoms with Gasteiger partial charge in [0.25, 0.3) is 0 Å². The van der Waals surface area contributed by atoms with E-state index in [1.165, 1.54) is 49.3 Å². The van der Waals surface area contributed by atoms with Gasteiger partial charge in [-0.05, 0) is 89.0 Å². The van der Waals surface area contributed by atoms with Gasteiger partial charge in [0.05, 0.1) is 33.4 Å². The summed E-state index contributed by atoms with van der Waals surface area (Å²) in [5, 5.41) is 4.94. The number of pyridine rings is 1. The topological polar surface area (TPSA) is 29.0 Å². The molecule has 4 heterocycles. The van der Waals surface area contributed by atoms with Gasteiger partial charge in [-0.15, -0.1) is 0 Å². The Hall–Kier alpha value is -8.80. The van der Waals surface area contributed by atoms with Crippen molar-refractivity contribution in [2.45, 2.75) is 0 Å². The predicted molar refractivity (Wildman–Crippen MR) is 276 cm³/mol. The van der Waals surface area contributed by atoms with Gasteiger partial charge < -0.3 is 14.0 Å². The van der Waals surface area contributed by atoms with Crippen molar-refractivity contribution in [1.29, 1.82) is 0 Å². The molecule has 0 unspecified atom stereocenters. The molecular weight excluding hydrogens is 803 g/mol. The standard InChI is InChI=1S/C61H40N5/c1-3-17-40(18-4-1)63-35-36-64(41-19-5-2-6-20-41)59-39-52-50(38-58(59)63)43-21-7-8-25-47(43)60-48(49-27-16-34-62-61(49)52)26-15-31-57(60)66-55-30-14-11-24-46(55)51-37-42(32-33-56(51)66)65-53-28-12-9-22-44(53)45-23-10-13-29-54(45)65/h1-35,37-39H,36H2/q+1. The average molecular weight is 843 g/mol. The fourth-order valence-electron chi connectivity index (χ4n) is 11.0. The highest BCUT2D eigenvalue weighted by atomic mass is 15.2. The Morgan fingerprint density at radius 2 is 0.985 bits per heavy atom. The van der Waals surface area contributed by atoms with E-state index in [1.807, 2.05) is 6.20 Å². The number of nitrogens with zero attached hydrogens (tertiary/aromatic N) is 5. The van der Waals surface area contributed by atoms with Crippen LogP contribution >= 0.6 is 0 Å². The van der Waals surface area contributed by atoms with Crippen LogP contribution in [0.1, 0.15) is 0 Å². The lowest BCUT2D eigenvalue weighted by Gasteiger charge is -2.30. The minimum Gasteiger partial charge on any atom is -0.326 e. The number of anilines is 2. The zero-order chi connectivity index (χ0) is 43.3. The molecule has 0 N–H and O–H groups in total. The molecule has 0 amide bonds. The molecule has 1 aliphatic carbocycles. The van der Waals surface area contributed by atoms with Crippen LogP contribution in [0.25, 0.3) is 99.6 Å². The molecule has 3 aromatic heterocycles. The van der Waals surface area contributed by atoms with Gasteiger partial charge in [0.1, 0.15) is 12.2 Å². The third kappa shape index (κ3) is 5.34. The first-order valence-corrected chi connectivity index (χ1v) is 22.7. The molecule has 0 radical (unpaired) electrons. The second-order valence-corrected chi connectivity index (χ2v) is 17.3. The highest BCUT2D eigenvalue weighted by molar-refractivity contribution is 6.14. The molecule has 5 nitrogen and oxygen atoms in total. The molecule has 9 aromatic carbocycles. The minimum atomic E-state index is 0.724. The number of aromatic nitrogens is 3. The van der Waals surface area contributed by atoms with Crippen LogP contribution in [0.15, 0.2) is 225 Å². The van der Waals surface area contributed by atoms with Gasteiger partial charge in [-0.2, -0.15) is 4.58 Å². The largest absolute Gasteiger partial charge is 0.326 e. The molecule has 1 aliphatic heterocycles. The monoisotopic (exact) mass is 842 g/mol. The van der Waals surface area contributed by atoms with Crippen molar-refractivity contribution >= 4 is 72.6 Å². The van der Waals surface area contributed by atoms with Crippen LogP contribution < -0.4 is 9.48 Å². The summed E-state index contributed by atoms with van der Waals surface area (Å²) in [6.07, 6.45) is 4.25. The van der Waals surface area contributed by atoms with Crippen LogP contribution in [-0.4, -0.2) is 26.9 Å². The lowest BCUT2D eigenvalue weighted by molar-refractivity contribution is 1.000. The molecule has 5 heteroatoms. The first-order valence-electron chi connectivity index (χ1n) is 22.7. The molecule has 12 aromatic rings. The molecule has 308 valence electrons. The normalized spacial score (nSPS) is 12.8. The summed E-state index contributed by atoms with van der Waals surface area (Å²) >= 11 is 0. The molecule has 0 spiro atoms. The fourth-order valence-corrected chi connectivity index (χ4v) is 11.0. The van der Waals surface area contributed by atoms with Gasteiger partial charge in [-0.1, -0.05) is 133 Å². The molecule has 2 aliphatic rings. The zero-order valence-corrected chi connectivity index (χ0v) is 35.9. The zero-order valence-electron chi connectivity index (χ0n) is 35.9. The molecule has 0 saturated carbocycles. The molecule has 0 saturated heterocycles. The SMILES string of the molecule is C1=[N+](c2ccccc2)c2cc3c(cc2N(c2ccccc2)C1)-c1ncccc1-c1cccc(-n2c4ccccc4c4cc(-n5c6ccccc6c6ccccc65)ccc42)c1-c1ccccc1-3. The van der Waals surface area contributed by atoms with Gasteiger partial charge in [0, 0.05) is 74.0 Å². The summed E-state index contributed by atoms with van der Waals surface area (Å²) in [7, 11) is 0. The molecule has 0 bridgehead atoms. The van der Waals surface area contributed by atoms with E-state index in [-0.39, 0.29) is 0 Å². The minimum absolute atomic E-state index is 0.724. The molecule has 14 rings (SSSR count). The average Bonchev–Trinajstić information content (AvgIpc) is 3.90. The van der Waals surface area contributed by atoms with Crippen LogP contribution in [-0.2, 0) is 0 Å². The maximum Gasteiger partial charge on any atom is 0.235 e. The van der Waals surface area contributed by atoms with Crippen molar-refractivity contribution in [3.8, 4) is 56.0 Å². The van der Waals surface area contributed by atoms with Gasteiger partial charge in [-0.25, -0.2) is 0 Å². The van der Waals surface area contributed by atoms with Crippen molar-refractivity contribution in [2.24, 2.45) is 0 Å². The van der Waals surface area contributed by atoms with Crippen LogP contribution in [0.3, 0.4) is 0 Å². The molecular formula is C61H40N5+. The fraction of sp³-hybridized carbons (Fsp3) is 0.0164. The van der Waals surface area contributed by atoms with Crippen LogP contribution in [0.2, 0.25) is 0 Å². The Balaban J connectivity index is 1.03. The summed E-state index contributed by atoms with van der Waals surface area (Å²) in [6, 6.07) is 79.7. The van der Waals surface area contributed by atoms with Gasteiger partial charge in [0.15, 0.2) is 6.21 Å². The van der Waals surface area contributed by atoms with E-state index in [4.69, 9.17) is 4.98 Å². The number of rotatable bonds is 4. The molecule has 66 heavy (non-hydrogen) atoms. The number of fused-ring (bicyclic) bond motifs is 15. The van der Waals surface area contributed by atoms with Gasteiger partial charge in [0.2, 0.25) is 11.4 Å². The van der Waals surface area contributed by atoms with Crippen molar-refractivity contribution in [3.63, 3.8) is 0 Å². The van der Waals surface area contributed by atoms with Crippen molar-refractivity contribution in [1.82, 2.24) is 18.7 Å². The van der Waals surface area contributed by atoms with Crippen LogP contribution in [0.5, 0.6) is 0 Å². The lowest BCUT2D eigenvalue weighted by Crippen LogP contribution is -2.29. The van der Waals surface area contributed by atoms with E-state index in [9.17, 15) is 0 Å². The Morgan fingerprint density at radius 1 is 0.379 bits per heavy atom. The Kier molecular flexibility index (Phi) is 7.98. The van der Waals surface area contributed by atoms with Gasteiger partial charge >= 0.3 is 0 Å². The smallest absolute Gasteiger partial charge is 0.235 e. The maximum absolute atomic E-state index is 5.28. The Bertz CT molecular complexity index is 3920. The molecule has 0 fully saturated rings. The number of hydrogen-bond acceptors (Lipinski definition) is 2. The van der Waals surface area contributed by atoms with E-state index >= 15 is 0 Å². The highest BCUT2D eigenvalue weighted by Crippen LogP contribution is 2.53. The lowest BCUT2D eigenvalue weighted by atomic mass is 9.81. The van der Waals surface area contributed by atoms with Crippen molar-refractivity contribution in [2.75, 3.05) is 11.4 Å². The van der Waals surface area contributed by atoms with E-state index in [1.54, 1.807) is 0 Å². The quantitative estimate of drug-likeness (QED) is 0.165. The van der Waals surface area contributed by atoms with Crippen LogP contribution in [0.4, 0.5) is 22.7 Å². The number of hydrogen-bond donors (Lipinski definition) is 0. The first kappa shape index (κ1) is 36.7. The number of para-hydroxylation sites is 5. The second kappa shape index (κ2) is 14.4. The summed E-state index contributed by atoms with van der Waals surface area (Å²) in [5.74, 6) is 0. The Morgan fingerprint density at radius 3 is 1.74 bits per heavy atom. The van der Waals surface area contributed by atoms with Gasteiger partial charge in [-0.3, -0.25) is 4.98 Å². The molecule has 0 atom stereocenters. The summed E-state index contributed by atoms with van der Waals surface area (Å²) < 4.78 is 7.27. The summed E-state index contributed by atoms with van der Waals surface area (Å²) in [6.45, 7) is 0.724. The third-order valence-corrected chi connectivity index (χ3v) is 13.8. The van der Waals surface area contributed by atoms with Crippen molar-refractivity contribution < 1.29 is 0 Å². The van der Waals surface area contributed by atoms with Crippen molar-refractivity contribution in [3.05, 3.63) is 225 Å². The third-order valence-electron chi connectivity index (χ3n) is 13.8. The maximum atomic E-state index is 5.28. The number of benzene rings is 9. The first-order chi connectivity index (χ1) is 32.8.